The molecule has 4 rings (SSSR count). The van der Waals surface area contributed by atoms with E-state index in [0.717, 1.165) is 0 Å². The van der Waals surface area contributed by atoms with E-state index in [9.17, 15) is 14.4 Å². The van der Waals surface area contributed by atoms with Gasteiger partial charge >= 0.3 is 0 Å². The summed E-state index contributed by atoms with van der Waals surface area (Å²) < 4.78 is 5.13. The van der Waals surface area contributed by atoms with Crippen LogP contribution in [-0.4, -0.2) is 66.9 Å². The molecule has 1 atom stereocenters. The molecule has 2 aliphatic rings. The van der Waals surface area contributed by atoms with Gasteiger partial charge in [0, 0.05) is 31.7 Å². The van der Waals surface area contributed by atoms with Crippen molar-refractivity contribution in [3.8, 4) is 5.75 Å². The smallest absolute Gasteiger partial charge is 0.253 e. The number of hydrogen-bond acceptors (Lipinski definition) is 5. The molecule has 0 radical (unpaired) electrons. The van der Waals surface area contributed by atoms with Crippen molar-refractivity contribution < 1.29 is 19.1 Å². The molecule has 7 heteroatoms. The third-order valence-electron chi connectivity index (χ3n) is 5.52. The van der Waals surface area contributed by atoms with Crippen LogP contribution in [0.5, 0.6) is 5.75 Å². The Bertz CT molecular complexity index is 905. The number of benzene rings is 2. The van der Waals surface area contributed by atoms with E-state index in [1.807, 2.05) is 23.1 Å². The topological polar surface area (TPSA) is 70.2 Å². The standard InChI is InChI=1S/C22H23N3O4/c1-29-18-9-7-17(8-10-18)25-20(26)15-19(22(25)28)23-11-13-24(14-12-23)21(27)16-5-3-2-4-6-16/h2-10,19H,11-15H2,1H3/t19-/m1/s1. The molecule has 0 N–H and O–H groups in total. The zero-order valence-electron chi connectivity index (χ0n) is 16.3. The maximum Gasteiger partial charge on any atom is 0.253 e. The zero-order valence-corrected chi connectivity index (χ0v) is 16.3. The van der Waals surface area contributed by atoms with Gasteiger partial charge in [-0.05, 0) is 36.4 Å². The number of hydrogen-bond donors (Lipinski definition) is 0. The molecule has 7 nitrogen and oxygen atoms in total. The van der Waals surface area contributed by atoms with Crippen LogP contribution in [0.3, 0.4) is 0 Å². The molecule has 0 unspecified atom stereocenters. The molecule has 0 aliphatic carbocycles. The largest absolute Gasteiger partial charge is 0.497 e. The molecule has 0 bridgehead atoms. The zero-order chi connectivity index (χ0) is 20.4. The van der Waals surface area contributed by atoms with Gasteiger partial charge in [0.25, 0.3) is 11.8 Å². The second-order valence-electron chi connectivity index (χ2n) is 7.18. The Morgan fingerprint density at radius 3 is 2.21 bits per heavy atom. The second kappa shape index (κ2) is 8.05. The predicted octanol–water partition coefficient (Wildman–Crippen LogP) is 1.79. The minimum absolute atomic E-state index is 0.000987. The van der Waals surface area contributed by atoms with Crippen molar-refractivity contribution in [3.05, 3.63) is 60.2 Å². The number of rotatable bonds is 4. The summed E-state index contributed by atoms with van der Waals surface area (Å²) in [7, 11) is 1.57. The molecule has 0 saturated carbocycles. The van der Waals surface area contributed by atoms with Gasteiger partial charge in [0.15, 0.2) is 0 Å². The Hall–Kier alpha value is -3.19. The summed E-state index contributed by atoms with van der Waals surface area (Å²) in [6.45, 7) is 2.21. The van der Waals surface area contributed by atoms with Gasteiger partial charge in [0.2, 0.25) is 5.91 Å². The summed E-state index contributed by atoms with van der Waals surface area (Å²) in [5.74, 6) is 0.262. The molecule has 2 aliphatic heterocycles. The normalized spacial score (nSPS) is 20.2. The molecule has 0 aromatic heterocycles. The fourth-order valence-electron chi connectivity index (χ4n) is 3.90. The highest BCUT2D eigenvalue weighted by Gasteiger charge is 2.43. The Morgan fingerprint density at radius 1 is 0.931 bits per heavy atom. The summed E-state index contributed by atoms with van der Waals surface area (Å²) in [6, 6.07) is 15.6. The van der Waals surface area contributed by atoms with Crippen LogP contribution in [0.15, 0.2) is 54.6 Å². The van der Waals surface area contributed by atoms with Gasteiger partial charge < -0.3 is 9.64 Å². The summed E-state index contributed by atoms with van der Waals surface area (Å²) >= 11 is 0. The number of carbonyl (C=O) groups is 3. The van der Waals surface area contributed by atoms with Crippen LogP contribution in [0.4, 0.5) is 5.69 Å². The summed E-state index contributed by atoms with van der Waals surface area (Å²) in [4.78, 5) is 43.2. The lowest BCUT2D eigenvalue weighted by Gasteiger charge is -2.37. The van der Waals surface area contributed by atoms with E-state index in [4.69, 9.17) is 4.74 Å². The van der Waals surface area contributed by atoms with Gasteiger partial charge in [-0.1, -0.05) is 18.2 Å². The Balaban J connectivity index is 1.40. The number of anilines is 1. The fraction of sp³-hybridized carbons (Fsp3) is 0.318. The van der Waals surface area contributed by atoms with E-state index < -0.39 is 6.04 Å². The first kappa shape index (κ1) is 19.1. The number of carbonyl (C=O) groups excluding carboxylic acids is 3. The van der Waals surface area contributed by atoms with Crippen molar-refractivity contribution in [2.45, 2.75) is 12.5 Å². The molecule has 2 aromatic rings. The van der Waals surface area contributed by atoms with Crippen LogP contribution in [0.25, 0.3) is 0 Å². The maximum absolute atomic E-state index is 13.0. The summed E-state index contributed by atoms with van der Waals surface area (Å²) in [6.07, 6.45) is 0.164. The first-order valence-corrected chi connectivity index (χ1v) is 9.67. The first-order valence-electron chi connectivity index (χ1n) is 9.67. The molecule has 2 fully saturated rings. The van der Waals surface area contributed by atoms with E-state index >= 15 is 0 Å². The van der Waals surface area contributed by atoms with E-state index in [1.54, 1.807) is 48.4 Å². The van der Waals surface area contributed by atoms with Gasteiger partial charge in [0.1, 0.15) is 5.75 Å². The van der Waals surface area contributed by atoms with Crippen molar-refractivity contribution in [2.24, 2.45) is 0 Å². The van der Waals surface area contributed by atoms with Crippen LogP contribution >= 0.6 is 0 Å². The molecular formula is C22H23N3O4. The number of amides is 3. The minimum Gasteiger partial charge on any atom is -0.497 e. The van der Waals surface area contributed by atoms with Crippen molar-refractivity contribution in [2.75, 3.05) is 38.2 Å². The fourth-order valence-corrected chi connectivity index (χ4v) is 3.90. The lowest BCUT2D eigenvalue weighted by molar-refractivity contribution is -0.123. The maximum atomic E-state index is 13.0. The first-order chi connectivity index (χ1) is 14.1. The van der Waals surface area contributed by atoms with Crippen LogP contribution < -0.4 is 9.64 Å². The highest BCUT2D eigenvalue weighted by molar-refractivity contribution is 6.22. The molecule has 150 valence electrons. The Morgan fingerprint density at radius 2 is 1.59 bits per heavy atom. The van der Waals surface area contributed by atoms with Crippen molar-refractivity contribution in [1.29, 1.82) is 0 Å². The number of piperazine rings is 1. The molecule has 29 heavy (non-hydrogen) atoms. The third-order valence-corrected chi connectivity index (χ3v) is 5.52. The van der Waals surface area contributed by atoms with E-state index in [0.29, 0.717) is 43.2 Å². The highest BCUT2D eigenvalue weighted by Crippen LogP contribution is 2.28. The average Bonchev–Trinajstić information content (AvgIpc) is 3.08. The molecule has 2 heterocycles. The predicted molar refractivity (Wildman–Crippen MR) is 108 cm³/mol. The Kier molecular flexibility index (Phi) is 5.31. The molecule has 3 amide bonds. The lowest BCUT2D eigenvalue weighted by atomic mass is 10.1. The molecular weight excluding hydrogens is 370 g/mol. The summed E-state index contributed by atoms with van der Waals surface area (Å²) in [5, 5.41) is 0. The van der Waals surface area contributed by atoms with Crippen molar-refractivity contribution >= 4 is 23.4 Å². The van der Waals surface area contributed by atoms with E-state index in [2.05, 4.69) is 0 Å². The van der Waals surface area contributed by atoms with Gasteiger partial charge in [-0.25, -0.2) is 4.90 Å². The number of nitrogens with zero attached hydrogens (tertiary/aromatic N) is 3. The SMILES string of the molecule is COc1ccc(N2C(=O)C[C@@H](N3CCN(C(=O)c4ccccc4)CC3)C2=O)cc1. The van der Waals surface area contributed by atoms with Crippen LogP contribution in [0.1, 0.15) is 16.8 Å². The highest BCUT2D eigenvalue weighted by atomic mass is 16.5. The minimum atomic E-state index is -0.474. The lowest BCUT2D eigenvalue weighted by Crippen LogP contribution is -2.53. The third kappa shape index (κ3) is 3.73. The monoisotopic (exact) mass is 393 g/mol. The quantitative estimate of drug-likeness (QED) is 0.741. The molecule has 0 spiro atoms. The molecule has 2 saturated heterocycles. The second-order valence-corrected chi connectivity index (χ2v) is 7.18. The molecule has 2 aromatic carbocycles. The van der Waals surface area contributed by atoms with Crippen molar-refractivity contribution in [1.82, 2.24) is 9.80 Å². The van der Waals surface area contributed by atoms with Gasteiger partial charge in [-0.15, -0.1) is 0 Å². The van der Waals surface area contributed by atoms with Gasteiger partial charge in [-0.3, -0.25) is 19.3 Å². The van der Waals surface area contributed by atoms with Gasteiger partial charge in [0.05, 0.1) is 25.3 Å². The number of methoxy groups -OCH3 is 1. The van der Waals surface area contributed by atoms with Crippen LogP contribution in [0, 0.1) is 0 Å². The van der Waals surface area contributed by atoms with E-state index in [1.165, 1.54) is 4.90 Å². The summed E-state index contributed by atoms with van der Waals surface area (Å²) in [5.41, 5.74) is 1.22. The number of imide groups is 1. The van der Waals surface area contributed by atoms with E-state index in [-0.39, 0.29) is 24.1 Å². The van der Waals surface area contributed by atoms with Crippen LogP contribution in [0.2, 0.25) is 0 Å². The van der Waals surface area contributed by atoms with Gasteiger partial charge in [-0.2, -0.15) is 0 Å². The average molecular weight is 393 g/mol. The Labute approximate surface area is 169 Å². The van der Waals surface area contributed by atoms with Crippen molar-refractivity contribution in [3.63, 3.8) is 0 Å². The van der Waals surface area contributed by atoms with Crippen LogP contribution in [-0.2, 0) is 9.59 Å². The number of ether oxygens (including phenoxy) is 1.